The molecule has 12 nitrogen and oxygen atoms in total. The molecule has 7 rings (SSSR count). The lowest BCUT2D eigenvalue weighted by Crippen LogP contribution is -2.35. The van der Waals surface area contributed by atoms with Crippen molar-refractivity contribution in [2.75, 3.05) is 7.11 Å². The Morgan fingerprint density at radius 2 is 1.73 bits per heavy atom. The summed E-state index contributed by atoms with van der Waals surface area (Å²) < 4.78 is 44.8. The summed E-state index contributed by atoms with van der Waals surface area (Å²) in [6.45, 7) is 4.46. The molecule has 0 spiro atoms. The average molecular weight is 652 g/mol. The van der Waals surface area contributed by atoms with Crippen molar-refractivity contribution in [2.24, 2.45) is 0 Å². The van der Waals surface area contributed by atoms with Crippen LogP contribution in [0.3, 0.4) is 0 Å². The van der Waals surface area contributed by atoms with Gasteiger partial charge in [-0.25, -0.2) is 33.4 Å². The summed E-state index contributed by atoms with van der Waals surface area (Å²) in [7, 11) is 1.58. The maximum atomic E-state index is 14.1. The normalized spacial score (nSPS) is 16.0. The molecule has 1 aromatic carbocycles. The zero-order valence-corrected chi connectivity index (χ0v) is 26.4. The number of aryl methyl sites for hydroxylation is 3. The fourth-order valence-corrected chi connectivity index (χ4v) is 5.64. The van der Waals surface area contributed by atoms with Crippen molar-refractivity contribution in [3.8, 4) is 23.3 Å². The van der Waals surface area contributed by atoms with Crippen molar-refractivity contribution in [3.05, 3.63) is 119 Å². The number of methoxy groups -OCH3 is 1. The third-order valence-corrected chi connectivity index (χ3v) is 8.07. The highest BCUT2D eigenvalue weighted by atomic mass is 19.2. The van der Waals surface area contributed by atoms with Crippen LogP contribution in [0.5, 0.6) is 11.6 Å². The standard InChI is InChI=1S/C34H31F2N9O3/c1-21-16-43(19-38-21)30-10-6-24(32(41-30)48-18-23-13-28(47-3)31(37-15-23)44-17-22(2)39-20-44)5-9-29-40-33-34(46,11-4-12-45(33)42-29)25-7-8-26(35)27(36)14-25/h5-10,13-17,19-20,46H,4,11-12,18H2,1-3H3/b9-5+. The molecule has 1 atom stereocenters. The second-order valence-corrected chi connectivity index (χ2v) is 11.5. The van der Waals surface area contributed by atoms with Crippen LogP contribution in [-0.4, -0.2) is 56.1 Å². The van der Waals surface area contributed by atoms with Crippen LogP contribution in [0.15, 0.2) is 67.6 Å². The molecule has 0 amide bonds. The maximum Gasteiger partial charge on any atom is 0.223 e. The van der Waals surface area contributed by atoms with E-state index in [1.807, 2.05) is 44.4 Å². The SMILES string of the molecule is COc1cc(COc2nc(-n3cnc(C)c3)ccc2/C=C/c2nc3n(n2)CCCC3(O)c2ccc(F)c(F)c2)cnc1-n1cnc(C)c1. The molecule has 0 bridgehead atoms. The number of benzene rings is 1. The fraction of sp³-hybridized carbons (Fsp3) is 0.235. The van der Waals surface area contributed by atoms with Gasteiger partial charge in [0.15, 0.2) is 34.9 Å². The van der Waals surface area contributed by atoms with Gasteiger partial charge in [-0.05, 0) is 74.7 Å². The number of rotatable bonds is 9. The number of ether oxygens (including phenoxy) is 2. The summed E-state index contributed by atoms with van der Waals surface area (Å²) in [6, 6.07) is 8.93. The third kappa shape index (κ3) is 5.93. The number of hydrogen-bond acceptors (Lipinski definition) is 9. The highest BCUT2D eigenvalue weighted by molar-refractivity contribution is 5.69. The molecule has 244 valence electrons. The minimum absolute atomic E-state index is 0.144. The van der Waals surface area contributed by atoms with E-state index >= 15 is 0 Å². The lowest BCUT2D eigenvalue weighted by atomic mass is 9.86. The number of halogens is 2. The van der Waals surface area contributed by atoms with E-state index < -0.39 is 17.2 Å². The first-order valence-corrected chi connectivity index (χ1v) is 15.2. The molecule has 6 aromatic rings. The Bertz CT molecular complexity index is 2160. The molecule has 1 unspecified atom stereocenters. The van der Waals surface area contributed by atoms with E-state index in [1.165, 1.54) is 6.07 Å². The van der Waals surface area contributed by atoms with Crippen LogP contribution in [0.25, 0.3) is 23.8 Å². The van der Waals surface area contributed by atoms with Crippen LogP contribution in [0.1, 0.15) is 52.6 Å². The van der Waals surface area contributed by atoms with Crippen LogP contribution < -0.4 is 9.47 Å². The van der Waals surface area contributed by atoms with E-state index in [2.05, 4.69) is 25.0 Å². The predicted molar refractivity (Wildman–Crippen MR) is 171 cm³/mol. The van der Waals surface area contributed by atoms with Gasteiger partial charge in [-0.2, -0.15) is 10.1 Å². The van der Waals surface area contributed by atoms with Crippen LogP contribution in [0, 0.1) is 25.5 Å². The van der Waals surface area contributed by atoms with E-state index in [1.54, 1.807) is 51.9 Å². The number of nitrogens with zero attached hydrogens (tertiary/aromatic N) is 9. The first-order chi connectivity index (χ1) is 23.2. The van der Waals surface area contributed by atoms with Gasteiger partial charge in [-0.15, -0.1) is 0 Å². The van der Waals surface area contributed by atoms with Crippen molar-refractivity contribution in [1.29, 1.82) is 0 Å². The second-order valence-electron chi connectivity index (χ2n) is 11.5. The average Bonchev–Trinajstić information content (AvgIpc) is 3.84. The monoisotopic (exact) mass is 651 g/mol. The highest BCUT2D eigenvalue weighted by Gasteiger charge is 2.40. The van der Waals surface area contributed by atoms with Gasteiger partial charge in [0.25, 0.3) is 0 Å². The summed E-state index contributed by atoms with van der Waals surface area (Å²) in [5, 5.41) is 16.2. The van der Waals surface area contributed by atoms with E-state index in [4.69, 9.17) is 14.5 Å². The number of aliphatic hydroxyl groups is 1. The van der Waals surface area contributed by atoms with Crippen molar-refractivity contribution >= 4 is 12.2 Å². The molecule has 1 N–H and O–H groups in total. The minimum atomic E-state index is -1.62. The minimum Gasteiger partial charge on any atom is -0.493 e. The van der Waals surface area contributed by atoms with E-state index in [-0.39, 0.29) is 18.0 Å². The maximum absolute atomic E-state index is 14.1. The number of imidazole rings is 2. The van der Waals surface area contributed by atoms with Gasteiger partial charge in [-0.1, -0.05) is 6.07 Å². The molecule has 5 aromatic heterocycles. The smallest absolute Gasteiger partial charge is 0.223 e. The Morgan fingerprint density at radius 1 is 0.938 bits per heavy atom. The van der Waals surface area contributed by atoms with Crippen LogP contribution >= 0.6 is 0 Å². The van der Waals surface area contributed by atoms with Crippen molar-refractivity contribution in [1.82, 2.24) is 43.8 Å². The van der Waals surface area contributed by atoms with Gasteiger partial charge < -0.3 is 14.6 Å². The zero-order valence-electron chi connectivity index (χ0n) is 26.4. The molecule has 48 heavy (non-hydrogen) atoms. The Kier molecular flexibility index (Phi) is 8.01. The van der Waals surface area contributed by atoms with Crippen molar-refractivity contribution in [2.45, 2.75) is 45.4 Å². The summed E-state index contributed by atoms with van der Waals surface area (Å²) in [5.41, 5.74) is 1.70. The highest BCUT2D eigenvalue weighted by Crippen LogP contribution is 2.37. The molecule has 0 fully saturated rings. The quantitative estimate of drug-likeness (QED) is 0.226. The largest absolute Gasteiger partial charge is 0.493 e. The summed E-state index contributed by atoms with van der Waals surface area (Å²) >= 11 is 0. The van der Waals surface area contributed by atoms with Gasteiger partial charge in [-0.3, -0.25) is 9.13 Å². The van der Waals surface area contributed by atoms with E-state index in [0.29, 0.717) is 54.0 Å². The molecule has 0 radical (unpaired) electrons. The molecule has 0 saturated heterocycles. The summed E-state index contributed by atoms with van der Waals surface area (Å²) in [6.07, 6.45) is 13.1. The zero-order chi connectivity index (χ0) is 33.4. The van der Waals surface area contributed by atoms with E-state index in [9.17, 15) is 13.9 Å². The fourth-order valence-electron chi connectivity index (χ4n) is 5.64. The first-order valence-electron chi connectivity index (χ1n) is 15.2. The van der Waals surface area contributed by atoms with Crippen molar-refractivity contribution < 1.29 is 23.4 Å². The number of aromatic nitrogens is 9. The van der Waals surface area contributed by atoms with Gasteiger partial charge in [0.1, 0.15) is 30.7 Å². The van der Waals surface area contributed by atoms with Crippen LogP contribution in [0.2, 0.25) is 0 Å². The molecule has 1 aliphatic rings. The second kappa shape index (κ2) is 12.4. The number of fused-ring (bicyclic) bond motifs is 1. The molecule has 0 aliphatic carbocycles. The molecule has 0 saturated carbocycles. The lowest BCUT2D eigenvalue weighted by Gasteiger charge is -2.31. The molecule has 6 heterocycles. The molecular weight excluding hydrogens is 620 g/mol. The Morgan fingerprint density at radius 3 is 2.46 bits per heavy atom. The Labute approximate surface area is 274 Å². The molecular formula is C34H31F2N9O3. The van der Waals surface area contributed by atoms with Gasteiger partial charge >= 0.3 is 0 Å². The molecule has 1 aliphatic heterocycles. The van der Waals surface area contributed by atoms with E-state index in [0.717, 1.165) is 29.1 Å². The van der Waals surface area contributed by atoms with Crippen LogP contribution in [-0.2, 0) is 18.8 Å². The first kappa shape index (κ1) is 30.9. The lowest BCUT2D eigenvalue weighted by molar-refractivity contribution is 0.0391. The number of hydrogen-bond donors (Lipinski definition) is 1. The molecule has 14 heteroatoms. The summed E-state index contributed by atoms with van der Waals surface area (Å²) in [4.78, 5) is 22.5. The van der Waals surface area contributed by atoms with Gasteiger partial charge in [0.2, 0.25) is 5.88 Å². The van der Waals surface area contributed by atoms with Crippen molar-refractivity contribution in [3.63, 3.8) is 0 Å². The Hall–Kier alpha value is -5.76. The third-order valence-electron chi connectivity index (χ3n) is 8.07. The predicted octanol–water partition coefficient (Wildman–Crippen LogP) is 5.12. The summed E-state index contributed by atoms with van der Waals surface area (Å²) in [5.74, 6) is 0.673. The van der Waals surface area contributed by atoms with Gasteiger partial charge in [0.05, 0.1) is 18.5 Å². The number of pyridine rings is 2. The Balaban J connectivity index is 1.18. The van der Waals surface area contributed by atoms with Crippen LogP contribution in [0.4, 0.5) is 8.78 Å². The van der Waals surface area contributed by atoms with Gasteiger partial charge in [0, 0.05) is 36.3 Å². The topological polar surface area (TPSA) is 131 Å².